The van der Waals surface area contributed by atoms with Gasteiger partial charge in [-0.1, -0.05) is 60.7 Å². The number of rotatable bonds is 12. The monoisotopic (exact) mass is 720 g/mol. The molecule has 4 heterocycles. The Morgan fingerprint density at radius 2 is 1.52 bits per heavy atom. The van der Waals surface area contributed by atoms with Gasteiger partial charge >= 0.3 is 12.2 Å². The summed E-state index contributed by atoms with van der Waals surface area (Å²) in [5, 5.41) is 0. The van der Waals surface area contributed by atoms with Crippen molar-refractivity contribution in [3.05, 3.63) is 101 Å². The molecule has 0 radical (unpaired) electrons. The van der Waals surface area contributed by atoms with Gasteiger partial charge in [0, 0.05) is 69.7 Å². The second-order valence-corrected chi connectivity index (χ2v) is 12.5. The highest BCUT2D eigenvalue weighted by atomic mass is 19.4. The van der Waals surface area contributed by atoms with E-state index in [0.717, 1.165) is 11.1 Å². The van der Waals surface area contributed by atoms with E-state index in [2.05, 4.69) is 54.0 Å². The van der Waals surface area contributed by atoms with Crippen LogP contribution in [0.15, 0.2) is 73.1 Å². The van der Waals surface area contributed by atoms with Crippen molar-refractivity contribution < 1.29 is 37.0 Å². The molecule has 0 saturated carbocycles. The number of hydrogen-bond acceptors (Lipinski definition) is 11. The van der Waals surface area contributed by atoms with Crippen LogP contribution in [-0.2, 0) is 6.54 Å². The molecule has 2 saturated heterocycles. The van der Waals surface area contributed by atoms with Gasteiger partial charge in [-0.15, -0.1) is 0 Å². The molecular weight excluding hydrogens is 681 g/mol. The molecule has 2 N–H and O–H groups in total. The summed E-state index contributed by atoms with van der Waals surface area (Å²) < 4.78 is 56.4. The van der Waals surface area contributed by atoms with Gasteiger partial charge in [0.25, 0.3) is 11.8 Å². The third-order valence-electron chi connectivity index (χ3n) is 9.12. The minimum absolute atomic E-state index is 0.0272. The van der Waals surface area contributed by atoms with Gasteiger partial charge < -0.3 is 24.8 Å². The first kappa shape index (κ1) is 36.4. The number of halogens is 3. The zero-order chi connectivity index (χ0) is 36.8. The van der Waals surface area contributed by atoms with E-state index in [-0.39, 0.29) is 72.4 Å². The number of primary amides is 1. The summed E-state index contributed by atoms with van der Waals surface area (Å²) >= 11 is 0. The second-order valence-electron chi connectivity index (χ2n) is 12.5. The normalized spacial score (nSPS) is 18.2. The predicted octanol–water partition coefficient (Wildman–Crippen LogP) is 3.56. The van der Waals surface area contributed by atoms with Crippen LogP contribution in [0, 0.1) is 0 Å². The van der Waals surface area contributed by atoms with E-state index in [9.17, 15) is 22.8 Å². The van der Waals surface area contributed by atoms with E-state index < -0.39 is 24.6 Å². The fourth-order valence-electron chi connectivity index (χ4n) is 7.02. The number of methoxy groups -OCH3 is 1. The zero-order valence-electron chi connectivity index (χ0n) is 28.7. The van der Waals surface area contributed by atoms with Gasteiger partial charge in [0.2, 0.25) is 11.8 Å². The largest absolute Gasteiger partial charge is 0.481 e. The standard InChI is InChI=1S/C36H39F3N8O5/c1-3-51-35-43-32(50-2)26(33(44-35)52-22-36(37,38)39)20-45-18-25-19-46(34(49)30-29(31(40)48)41-14-15-42-30)16-17-47(25)27(21-45)28(23-10-6-4-7-11-23)24-12-8-5-9-13-24/h4-15,25,27-28H,3,16-22H2,1-2H3,(H2,40,48)/t25-,27+/m1/s1. The van der Waals surface area contributed by atoms with Gasteiger partial charge in [0.15, 0.2) is 18.0 Å². The van der Waals surface area contributed by atoms with Gasteiger partial charge in [-0.3, -0.25) is 19.4 Å². The first-order valence-corrected chi connectivity index (χ1v) is 16.8. The van der Waals surface area contributed by atoms with Gasteiger partial charge in [-0.05, 0) is 18.1 Å². The van der Waals surface area contributed by atoms with Crippen LogP contribution in [0.3, 0.4) is 0 Å². The molecular formula is C36H39F3N8O5. The lowest BCUT2D eigenvalue weighted by Crippen LogP contribution is -2.67. The van der Waals surface area contributed by atoms with Crippen molar-refractivity contribution in [2.24, 2.45) is 5.73 Å². The number of piperazine rings is 2. The van der Waals surface area contributed by atoms with Crippen LogP contribution in [0.2, 0.25) is 0 Å². The Morgan fingerprint density at radius 1 is 0.885 bits per heavy atom. The Kier molecular flexibility index (Phi) is 11.1. The second kappa shape index (κ2) is 15.9. The van der Waals surface area contributed by atoms with Crippen molar-refractivity contribution in [2.45, 2.75) is 37.6 Å². The van der Waals surface area contributed by atoms with Crippen molar-refractivity contribution in [2.75, 3.05) is 53.0 Å². The average Bonchev–Trinajstić information content (AvgIpc) is 3.14. The van der Waals surface area contributed by atoms with Gasteiger partial charge in [-0.25, -0.2) is 9.97 Å². The molecule has 0 bridgehead atoms. The molecule has 2 aliphatic heterocycles. The molecule has 6 rings (SSSR count). The Morgan fingerprint density at radius 3 is 2.12 bits per heavy atom. The summed E-state index contributed by atoms with van der Waals surface area (Å²) in [5.74, 6) is -1.71. The lowest BCUT2D eigenvalue weighted by atomic mass is 9.81. The quantitative estimate of drug-likeness (QED) is 0.229. The average molecular weight is 721 g/mol. The molecule has 16 heteroatoms. The first-order chi connectivity index (χ1) is 25.1. The first-order valence-electron chi connectivity index (χ1n) is 16.8. The number of carbonyl (C=O) groups is 2. The summed E-state index contributed by atoms with van der Waals surface area (Å²) in [4.78, 5) is 48.7. The number of ether oxygens (including phenoxy) is 3. The molecule has 52 heavy (non-hydrogen) atoms. The number of nitrogens with two attached hydrogens (primary N) is 1. The number of nitrogens with zero attached hydrogens (tertiary/aromatic N) is 7. The van der Waals surface area contributed by atoms with Crippen LogP contribution >= 0.6 is 0 Å². The highest BCUT2D eigenvalue weighted by molar-refractivity contribution is 6.04. The topological polar surface area (TPSA) is 149 Å². The van der Waals surface area contributed by atoms with E-state index in [0.29, 0.717) is 26.2 Å². The molecule has 4 aromatic rings. The molecule has 0 spiro atoms. The van der Waals surface area contributed by atoms with E-state index >= 15 is 0 Å². The van der Waals surface area contributed by atoms with Crippen molar-refractivity contribution in [3.63, 3.8) is 0 Å². The lowest BCUT2D eigenvalue weighted by molar-refractivity contribution is -0.154. The Hall–Kier alpha value is -5.35. The summed E-state index contributed by atoms with van der Waals surface area (Å²) in [7, 11) is 1.37. The predicted molar refractivity (Wildman–Crippen MR) is 182 cm³/mol. The van der Waals surface area contributed by atoms with Crippen LogP contribution < -0.4 is 19.9 Å². The van der Waals surface area contributed by atoms with Gasteiger partial charge in [0.1, 0.15) is 0 Å². The maximum Gasteiger partial charge on any atom is 0.422 e. The maximum atomic E-state index is 13.8. The van der Waals surface area contributed by atoms with Crippen LogP contribution in [0.1, 0.15) is 50.5 Å². The van der Waals surface area contributed by atoms with Crippen LogP contribution in [0.5, 0.6) is 17.8 Å². The Labute approximate surface area is 298 Å². The van der Waals surface area contributed by atoms with E-state index in [1.165, 1.54) is 19.5 Å². The van der Waals surface area contributed by atoms with Crippen molar-refractivity contribution in [3.8, 4) is 17.8 Å². The van der Waals surface area contributed by atoms with Crippen molar-refractivity contribution in [1.82, 2.24) is 34.6 Å². The smallest absolute Gasteiger partial charge is 0.422 e. The lowest BCUT2D eigenvalue weighted by Gasteiger charge is -2.53. The number of hydrogen-bond donors (Lipinski definition) is 1. The highest BCUT2D eigenvalue weighted by Gasteiger charge is 2.44. The van der Waals surface area contributed by atoms with E-state index in [1.54, 1.807) is 11.8 Å². The summed E-state index contributed by atoms with van der Waals surface area (Å²) in [5.41, 5.74) is 7.58. The summed E-state index contributed by atoms with van der Waals surface area (Å²) in [6.07, 6.45) is -1.98. The van der Waals surface area contributed by atoms with Gasteiger partial charge in [0.05, 0.1) is 19.3 Å². The molecule has 0 unspecified atom stereocenters. The van der Waals surface area contributed by atoms with Crippen LogP contribution in [-0.4, -0.2) is 118 Å². The van der Waals surface area contributed by atoms with E-state index in [4.69, 9.17) is 19.9 Å². The van der Waals surface area contributed by atoms with E-state index in [1.807, 2.05) is 36.4 Å². The highest BCUT2D eigenvalue weighted by Crippen LogP contribution is 2.38. The molecule has 2 fully saturated rings. The fraction of sp³-hybridized carbons (Fsp3) is 0.389. The number of fused-ring (bicyclic) bond motifs is 1. The van der Waals surface area contributed by atoms with Crippen molar-refractivity contribution >= 4 is 11.8 Å². The number of benzene rings is 2. The molecule has 2 aromatic heterocycles. The molecule has 0 aliphatic carbocycles. The van der Waals surface area contributed by atoms with Crippen LogP contribution in [0.4, 0.5) is 13.2 Å². The number of carbonyl (C=O) groups excluding carboxylic acids is 2. The minimum atomic E-state index is -4.62. The van der Waals surface area contributed by atoms with Gasteiger partial charge in [-0.2, -0.15) is 23.1 Å². The molecule has 2 amide bonds. The molecule has 13 nitrogen and oxygen atoms in total. The number of aromatic nitrogens is 4. The molecule has 2 atom stereocenters. The number of alkyl halides is 3. The molecule has 2 aliphatic rings. The Bertz CT molecular complexity index is 1810. The van der Waals surface area contributed by atoms with Crippen molar-refractivity contribution in [1.29, 1.82) is 0 Å². The summed E-state index contributed by atoms with van der Waals surface area (Å²) in [6.45, 7) is 2.42. The molecule has 2 aromatic carbocycles. The Balaban J connectivity index is 1.39. The fourth-order valence-corrected chi connectivity index (χ4v) is 7.02. The SMILES string of the molecule is CCOc1nc(OC)c(CN2C[C@@H]3CN(C(=O)c4nccnc4C(N)=O)CCN3[C@H](C(c3ccccc3)c3ccccc3)C2)c(OCC(F)(F)F)n1. The van der Waals surface area contributed by atoms with Crippen LogP contribution in [0.25, 0.3) is 0 Å². The summed E-state index contributed by atoms with van der Waals surface area (Å²) in [6, 6.07) is 19.6. The third-order valence-corrected chi connectivity index (χ3v) is 9.12. The number of amides is 2. The minimum Gasteiger partial charge on any atom is -0.481 e. The zero-order valence-corrected chi connectivity index (χ0v) is 28.7. The maximum absolute atomic E-state index is 13.8. The molecule has 274 valence electrons. The third kappa shape index (κ3) is 8.23.